The molecule has 0 bridgehead atoms. The summed E-state index contributed by atoms with van der Waals surface area (Å²) in [7, 11) is 0. The van der Waals surface area contributed by atoms with E-state index in [4.69, 9.17) is 9.47 Å². The number of benzene rings is 3. The van der Waals surface area contributed by atoms with Crippen LogP contribution in [0.4, 0.5) is 5.69 Å². The number of hydrogen-bond donors (Lipinski definition) is 2. The SMILES string of the molecule is O=C(COc1ccccc1C(=O)Nc1ccccc1)NCCOc1ccccc1. The molecule has 2 amide bonds. The monoisotopic (exact) mass is 390 g/mol. The summed E-state index contributed by atoms with van der Waals surface area (Å²) in [6, 6.07) is 25.3. The van der Waals surface area contributed by atoms with Gasteiger partial charge in [0.25, 0.3) is 11.8 Å². The van der Waals surface area contributed by atoms with E-state index in [0.29, 0.717) is 30.2 Å². The highest BCUT2D eigenvalue weighted by Crippen LogP contribution is 2.19. The van der Waals surface area contributed by atoms with Gasteiger partial charge in [-0.2, -0.15) is 0 Å². The van der Waals surface area contributed by atoms with Gasteiger partial charge in [0.05, 0.1) is 12.1 Å². The third-order valence-corrected chi connectivity index (χ3v) is 3.96. The van der Waals surface area contributed by atoms with Crippen molar-refractivity contribution in [2.75, 3.05) is 25.1 Å². The third kappa shape index (κ3) is 6.39. The van der Waals surface area contributed by atoms with Crippen LogP contribution in [0.15, 0.2) is 84.9 Å². The van der Waals surface area contributed by atoms with E-state index in [1.54, 1.807) is 36.4 Å². The molecule has 0 aliphatic rings. The van der Waals surface area contributed by atoms with Crippen molar-refractivity contribution in [3.63, 3.8) is 0 Å². The van der Waals surface area contributed by atoms with Gasteiger partial charge in [0.15, 0.2) is 6.61 Å². The Labute approximate surface area is 169 Å². The van der Waals surface area contributed by atoms with Crippen molar-refractivity contribution in [2.24, 2.45) is 0 Å². The molecule has 0 saturated carbocycles. The Kier molecular flexibility index (Phi) is 7.23. The van der Waals surface area contributed by atoms with Crippen LogP contribution in [0.2, 0.25) is 0 Å². The first-order valence-corrected chi connectivity index (χ1v) is 9.25. The van der Waals surface area contributed by atoms with Crippen LogP contribution < -0.4 is 20.1 Å². The molecule has 0 atom stereocenters. The smallest absolute Gasteiger partial charge is 0.259 e. The van der Waals surface area contributed by atoms with E-state index in [2.05, 4.69) is 10.6 Å². The van der Waals surface area contributed by atoms with Crippen molar-refractivity contribution >= 4 is 17.5 Å². The number of hydrogen-bond acceptors (Lipinski definition) is 4. The first-order chi connectivity index (χ1) is 14.2. The summed E-state index contributed by atoms with van der Waals surface area (Å²) in [4.78, 5) is 24.5. The van der Waals surface area contributed by atoms with Crippen LogP contribution in [-0.4, -0.2) is 31.6 Å². The van der Waals surface area contributed by atoms with E-state index in [1.807, 2.05) is 48.5 Å². The lowest BCUT2D eigenvalue weighted by Crippen LogP contribution is -2.32. The minimum absolute atomic E-state index is 0.193. The second-order valence-corrected chi connectivity index (χ2v) is 6.12. The summed E-state index contributed by atoms with van der Waals surface area (Å²) >= 11 is 0. The molecule has 29 heavy (non-hydrogen) atoms. The number of anilines is 1. The first kappa shape index (κ1) is 19.9. The van der Waals surface area contributed by atoms with Gasteiger partial charge in [-0.15, -0.1) is 0 Å². The average molecular weight is 390 g/mol. The van der Waals surface area contributed by atoms with E-state index < -0.39 is 0 Å². The van der Waals surface area contributed by atoms with Crippen LogP contribution >= 0.6 is 0 Å². The molecule has 0 heterocycles. The van der Waals surface area contributed by atoms with Crippen molar-refractivity contribution in [1.82, 2.24) is 5.32 Å². The van der Waals surface area contributed by atoms with Crippen molar-refractivity contribution in [3.8, 4) is 11.5 Å². The molecule has 2 N–H and O–H groups in total. The minimum Gasteiger partial charge on any atom is -0.492 e. The molecule has 0 aromatic heterocycles. The second kappa shape index (κ2) is 10.5. The van der Waals surface area contributed by atoms with E-state index in [9.17, 15) is 9.59 Å². The predicted octanol–water partition coefficient (Wildman–Crippen LogP) is 3.51. The Morgan fingerprint density at radius 2 is 1.41 bits per heavy atom. The first-order valence-electron chi connectivity index (χ1n) is 9.25. The molecule has 0 unspecified atom stereocenters. The highest BCUT2D eigenvalue weighted by atomic mass is 16.5. The van der Waals surface area contributed by atoms with E-state index in [1.165, 1.54) is 0 Å². The standard InChI is InChI=1S/C23H22N2O4/c26-22(24-15-16-28-19-11-5-2-6-12-19)17-29-21-14-8-7-13-20(21)23(27)25-18-9-3-1-4-10-18/h1-14H,15-17H2,(H,24,26)(H,25,27). The maximum absolute atomic E-state index is 12.5. The Morgan fingerprint density at radius 3 is 2.17 bits per heavy atom. The number of carbonyl (C=O) groups is 2. The van der Waals surface area contributed by atoms with Gasteiger partial charge in [-0.25, -0.2) is 0 Å². The quantitative estimate of drug-likeness (QED) is 0.548. The van der Waals surface area contributed by atoms with Crippen molar-refractivity contribution < 1.29 is 19.1 Å². The lowest BCUT2D eigenvalue weighted by Gasteiger charge is -2.12. The molecule has 6 nitrogen and oxygen atoms in total. The third-order valence-electron chi connectivity index (χ3n) is 3.96. The number of amides is 2. The van der Waals surface area contributed by atoms with Crippen LogP contribution in [0.3, 0.4) is 0 Å². The molecule has 3 aromatic rings. The second-order valence-electron chi connectivity index (χ2n) is 6.12. The van der Waals surface area contributed by atoms with E-state index >= 15 is 0 Å². The summed E-state index contributed by atoms with van der Waals surface area (Å²) in [5.41, 5.74) is 1.04. The molecule has 3 aromatic carbocycles. The Bertz CT molecular complexity index is 930. The predicted molar refractivity (Wildman–Crippen MR) is 111 cm³/mol. The fraction of sp³-hybridized carbons (Fsp3) is 0.130. The van der Waals surface area contributed by atoms with Crippen LogP contribution in [-0.2, 0) is 4.79 Å². The molecule has 0 aliphatic carbocycles. The van der Waals surface area contributed by atoms with Gasteiger partial charge in [0, 0.05) is 5.69 Å². The summed E-state index contributed by atoms with van der Waals surface area (Å²) < 4.78 is 11.1. The van der Waals surface area contributed by atoms with Gasteiger partial charge in [-0.1, -0.05) is 48.5 Å². The number of rotatable bonds is 9. The van der Waals surface area contributed by atoms with Gasteiger partial charge in [0.2, 0.25) is 0 Å². The summed E-state index contributed by atoms with van der Waals surface area (Å²) in [5.74, 6) is 0.497. The largest absolute Gasteiger partial charge is 0.492 e. The maximum atomic E-state index is 12.5. The topological polar surface area (TPSA) is 76.7 Å². The summed E-state index contributed by atoms with van der Waals surface area (Å²) in [6.45, 7) is 0.514. The Balaban J connectivity index is 1.46. The molecule has 0 aliphatic heterocycles. The van der Waals surface area contributed by atoms with Crippen LogP contribution in [0, 0.1) is 0 Å². The average Bonchev–Trinajstić information content (AvgIpc) is 2.77. The highest BCUT2D eigenvalue weighted by molar-refractivity contribution is 6.06. The number of carbonyl (C=O) groups excluding carboxylic acids is 2. The van der Waals surface area contributed by atoms with Crippen LogP contribution in [0.25, 0.3) is 0 Å². The number of para-hydroxylation sites is 3. The zero-order valence-electron chi connectivity index (χ0n) is 15.8. The molecular formula is C23H22N2O4. The molecule has 0 radical (unpaired) electrons. The van der Waals surface area contributed by atoms with Gasteiger partial charge >= 0.3 is 0 Å². The zero-order chi connectivity index (χ0) is 20.3. The summed E-state index contributed by atoms with van der Waals surface area (Å²) in [5, 5.41) is 5.53. The maximum Gasteiger partial charge on any atom is 0.259 e. The molecular weight excluding hydrogens is 368 g/mol. The van der Waals surface area contributed by atoms with Gasteiger partial charge in [0.1, 0.15) is 18.1 Å². The van der Waals surface area contributed by atoms with Gasteiger partial charge in [-0.05, 0) is 36.4 Å². The molecule has 6 heteroatoms. The van der Waals surface area contributed by atoms with Gasteiger partial charge in [-0.3, -0.25) is 9.59 Å². The van der Waals surface area contributed by atoms with E-state index in [-0.39, 0.29) is 18.4 Å². The van der Waals surface area contributed by atoms with Crippen molar-refractivity contribution in [3.05, 3.63) is 90.5 Å². The lowest BCUT2D eigenvalue weighted by atomic mass is 10.2. The van der Waals surface area contributed by atoms with Crippen LogP contribution in [0.5, 0.6) is 11.5 Å². The molecule has 0 saturated heterocycles. The summed E-state index contributed by atoms with van der Waals surface area (Å²) in [6.07, 6.45) is 0. The highest BCUT2D eigenvalue weighted by Gasteiger charge is 2.13. The lowest BCUT2D eigenvalue weighted by molar-refractivity contribution is -0.123. The minimum atomic E-state index is -0.302. The fourth-order valence-corrected chi connectivity index (χ4v) is 2.57. The van der Waals surface area contributed by atoms with Gasteiger partial charge < -0.3 is 20.1 Å². The molecule has 0 spiro atoms. The van der Waals surface area contributed by atoms with Crippen LogP contribution in [0.1, 0.15) is 10.4 Å². The molecule has 3 rings (SSSR count). The molecule has 0 fully saturated rings. The number of ether oxygens (including phenoxy) is 2. The Morgan fingerprint density at radius 1 is 0.759 bits per heavy atom. The Hall–Kier alpha value is -3.80. The zero-order valence-corrected chi connectivity index (χ0v) is 15.8. The van der Waals surface area contributed by atoms with E-state index in [0.717, 1.165) is 5.75 Å². The van der Waals surface area contributed by atoms with Crippen molar-refractivity contribution in [2.45, 2.75) is 0 Å². The number of nitrogens with one attached hydrogen (secondary N) is 2. The van der Waals surface area contributed by atoms with Crippen molar-refractivity contribution in [1.29, 1.82) is 0 Å². The molecule has 148 valence electrons. The fourth-order valence-electron chi connectivity index (χ4n) is 2.57. The normalized spacial score (nSPS) is 10.1.